The predicted molar refractivity (Wildman–Crippen MR) is 112 cm³/mol. The quantitative estimate of drug-likeness (QED) is 0.701. The average molecular weight is 374 g/mol. The van der Waals surface area contributed by atoms with E-state index in [0.29, 0.717) is 0 Å². The van der Waals surface area contributed by atoms with Gasteiger partial charge in [0.1, 0.15) is 5.75 Å². The molecule has 1 aliphatic heterocycles. The largest absolute Gasteiger partial charge is 0.497 e. The van der Waals surface area contributed by atoms with Crippen molar-refractivity contribution in [2.75, 3.05) is 38.2 Å². The number of anilines is 1. The lowest BCUT2D eigenvalue weighted by molar-refractivity contribution is 0.197. The van der Waals surface area contributed by atoms with E-state index < -0.39 is 0 Å². The van der Waals surface area contributed by atoms with Crippen molar-refractivity contribution < 1.29 is 4.74 Å². The minimum absolute atomic E-state index is 0.861. The van der Waals surface area contributed by atoms with Crippen molar-refractivity contribution >= 4 is 5.69 Å². The van der Waals surface area contributed by atoms with Crippen molar-refractivity contribution in [1.29, 1.82) is 0 Å². The van der Waals surface area contributed by atoms with E-state index in [1.807, 2.05) is 12.1 Å². The van der Waals surface area contributed by atoms with Gasteiger partial charge in [-0.2, -0.15) is 5.10 Å². The second-order valence-corrected chi connectivity index (χ2v) is 7.62. The summed E-state index contributed by atoms with van der Waals surface area (Å²) in [5, 5.41) is 4.73. The molecular formula is C23H26N4O. The molecule has 5 heteroatoms. The van der Waals surface area contributed by atoms with E-state index >= 15 is 0 Å². The first-order valence-electron chi connectivity index (χ1n) is 10.1. The molecule has 0 bridgehead atoms. The molecule has 144 valence electrons. The molecule has 0 radical (unpaired) electrons. The van der Waals surface area contributed by atoms with E-state index in [9.17, 15) is 0 Å². The van der Waals surface area contributed by atoms with Gasteiger partial charge in [-0.25, -0.2) is 0 Å². The Morgan fingerprint density at radius 2 is 1.64 bits per heavy atom. The average Bonchev–Trinajstić information content (AvgIpc) is 3.18. The maximum absolute atomic E-state index is 5.27. The Labute approximate surface area is 166 Å². The second kappa shape index (κ2) is 7.32. The van der Waals surface area contributed by atoms with E-state index in [1.54, 1.807) is 7.11 Å². The molecule has 5 nitrogen and oxygen atoms in total. The fourth-order valence-electron chi connectivity index (χ4n) is 4.39. The Hall–Kier alpha value is -2.79. The Morgan fingerprint density at radius 1 is 0.893 bits per heavy atom. The van der Waals surface area contributed by atoms with Crippen LogP contribution in [0, 0.1) is 0 Å². The molecule has 0 amide bonds. The van der Waals surface area contributed by atoms with Crippen LogP contribution in [0.5, 0.6) is 5.75 Å². The summed E-state index contributed by atoms with van der Waals surface area (Å²) in [4.78, 5) is 4.95. The van der Waals surface area contributed by atoms with E-state index in [2.05, 4.69) is 57.1 Å². The topological polar surface area (TPSA) is 33.5 Å². The number of hydrogen-bond acceptors (Lipinski definition) is 4. The number of piperazine rings is 1. The van der Waals surface area contributed by atoms with Gasteiger partial charge >= 0.3 is 0 Å². The summed E-state index contributed by atoms with van der Waals surface area (Å²) in [6, 6.07) is 17.1. The summed E-state index contributed by atoms with van der Waals surface area (Å²) >= 11 is 0. The molecule has 0 N–H and O–H groups in total. The molecule has 0 saturated carbocycles. The third kappa shape index (κ3) is 3.16. The standard InChI is InChI=1S/C23H26N4O/c1-28-21-10-8-20(9-11-21)26-14-12-25(13-15-26)17-27-23-19(16-24-27)7-6-18-4-2-3-5-22(18)23/h2-5,8-11,16H,6-7,12-15,17H2,1H3. The summed E-state index contributed by atoms with van der Waals surface area (Å²) in [5.74, 6) is 0.908. The monoisotopic (exact) mass is 374 g/mol. The Balaban J connectivity index is 1.27. The fourth-order valence-corrected chi connectivity index (χ4v) is 4.39. The molecular weight excluding hydrogens is 348 g/mol. The van der Waals surface area contributed by atoms with E-state index in [-0.39, 0.29) is 0 Å². The van der Waals surface area contributed by atoms with Crippen LogP contribution in [0.15, 0.2) is 54.7 Å². The van der Waals surface area contributed by atoms with Crippen molar-refractivity contribution in [3.63, 3.8) is 0 Å². The first-order chi connectivity index (χ1) is 13.8. The van der Waals surface area contributed by atoms with Crippen LogP contribution in [0.4, 0.5) is 5.69 Å². The first-order valence-corrected chi connectivity index (χ1v) is 10.1. The highest BCUT2D eigenvalue weighted by atomic mass is 16.5. The summed E-state index contributed by atoms with van der Waals surface area (Å²) in [6.45, 7) is 5.02. The van der Waals surface area contributed by atoms with E-state index in [4.69, 9.17) is 9.84 Å². The highest BCUT2D eigenvalue weighted by Gasteiger charge is 2.23. The molecule has 1 saturated heterocycles. The number of benzene rings is 2. The minimum Gasteiger partial charge on any atom is -0.497 e. The number of aromatic nitrogens is 2. The zero-order chi connectivity index (χ0) is 18.9. The molecule has 2 heterocycles. The number of rotatable bonds is 4. The molecule has 2 aromatic carbocycles. The smallest absolute Gasteiger partial charge is 0.119 e. The third-order valence-corrected chi connectivity index (χ3v) is 6.00. The Morgan fingerprint density at radius 3 is 2.43 bits per heavy atom. The van der Waals surface area contributed by atoms with Crippen LogP contribution in [-0.2, 0) is 19.5 Å². The van der Waals surface area contributed by atoms with Crippen LogP contribution in [-0.4, -0.2) is 48.0 Å². The normalized spacial score (nSPS) is 16.5. The van der Waals surface area contributed by atoms with Crippen LogP contribution in [0.25, 0.3) is 11.3 Å². The fraction of sp³-hybridized carbons (Fsp3) is 0.348. The van der Waals surface area contributed by atoms with Crippen LogP contribution in [0.3, 0.4) is 0 Å². The van der Waals surface area contributed by atoms with Crippen LogP contribution < -0.4 is 9.64 Å². The molecule has 3 aromatic rings. The van der Waals surface area contributed by atoms with Gasteiger partial charge in [-0.05, 0) is 48.2 Å². The molecule has 0 spiro atoms. The summed E-state index contributed by atoms with van der Waals surface area (Å²) < 4.78 is 7.47. The molecule has 1 aromatic heterocycles. The molecule has 1 fully saturated rings. The lowest BCUT2D eigenvalue weighted by atomic mass is 9.90. The SMILES string of the molecule is COc1ccc(N2CCN(Cn3ncc4c3-c3ccccc3CC4)CC2)cc1. The number of nitrogens with zero attached hydrogens (tertiary/aromatic N) is 4. The first kappa shape index (κ1) is 17.3. The maximum Gasteiger partial charge on any atom is 0.119 e. The molecule has 0 atom stereocenters. The predicted octanol–water partition coefficient (Wildman–Crippen LogP) is 3.44. The molecule has 1 aliphatic carbocycles. The van der Waals surface area contributed by atoms with Crippen molar-refractivity contribution in [2.45, 2.75) is 19.5 Å². The number of ether oxygens (including phenoxy) is 1. The van der Waals surface area contributed by atoms with Gasteiger partial charge in [0, 0.05) is 37.4 Å². The number of hydrogen-bond donors (Lipinski definition) is 0. The lowest BCUT2D eigenvalue weighted by Crippen LogP contribution is -2.47. The highest BCUT2D eigenvalue weighted by Crippen LogP contribution is 2.33. The second-order valence-electron chi connectivity index (χ2n) is 7.62. The summed E-state index contributed by atoms with van der Waals surface area (Å²) in [6.07, 6.45) is 4.28. The number of fused-ring (bicyclic) bond motifs is 3. The van der Waals surface area contributed by atoms with Gasteiger partial charge < -0.3 is 9.64 Å². The van der Waals surface area contributed by atoms with Gasteiger partial charge in [0.25, 0.3) is 0 Å². The maximum atomic E-state index is 5.27. The van der Waals surface area contributed by atoms with Crippen LogP contribution in [0.1, 0.15) is 11.1 Å². The zero-order valence-electron chi connectivity index (χ0n) is 16.3. The minimum atomic E-state index is 0.861. The van der Waals surface area contributed by atoms with Crippen molar-refractivity contribution in [2.24, 2.45) is 0 Å². The van der Waals surface area contributed by atoms with Gasteiger partial charge in [-0.15, -0.1) is 0 Å². The van der Waals surface area contributed by atoms with E-state index in [1.165, 1.54) is 28.1 Å². The van der Waals surface area contributed by atoms with Crippen LogP contribution >= 0.6 is 0 Å². The van der Waals surface area contributed by atoms with Gasteiger partial charge in [-0.3, -0.25) is 9.58 Å². The molecule has 5 rings (SSSR count). The van der Waals surface area contributed by atoms with Gasteiger partial charge in [0.15, 0.2) is 0 Å². The van der Waals surface area contributed by atoms with Crippen molar-refractivity contribution in [3.8, 4) is 17.0 Å². The van der Waals surface area contributed by atoms with Gasteiger partial charge in [-0.1, -0.05) is 24.3 Å². The molecule has 2 aliphatic rings. The summed E-state index contributed by atoms with van der Waals surface area (Å²) in [7, 11) is 1.71. The number of aryl methyl sites for hydroxylation is 2. The number of methoxy groups -OCH3 is 1. The van der Waals surface area contributed by atoms with Crippen molar-refractivity contribution in [3.05, 3.63) is 65.9 Å². The lowest BCUT2D eigenvalue weighted by Gasteiger charge is -2.36. The van der Waals surface area contributed by atoms with E-state index in [0.717, 1.165) is 51.4 Å². The van der Waals surface area contributed by atoms with Gasteiger partial charge in [0.05, 0.1) is 25.7 Å². The van der Waals surface area contributed by atoms with Crippen molar-refractivity contribution in [1.82, 2.24) is 14.7 Å². The highest BCUT2D eigenvalue weighted by molar-refractivity contribution is 5.69. The van der Waals surface area contributed by atoms with Gasteiger partial charge in [0.2, 0.25) is 0 Å². The summed E-state index contributed by atoms with van der Waals surface area (Å²) in [5.41, 5.74) is 6.78. The van der Waals surface area contributed by atoms with Crippen LogP contribution in [0.2, 0.25) is 0 Å². The zero-order valence-corrected chi connectivity index (χ0v) is 16.3. The Kier molecular flexibility index (Phi) is 4.53. The molecule has 0 unspecified atom stereocenters. The molecule has 28 heavy (non-hydrogen) atoms. The third-order valence-electron chi connectivity index (χ3n) is 6.00. The Bertz CT molecular complexity index is 955.